The van der Waals surface area contributed by atoms with Crippen molar-refractivity contribution >= 4 is 21.6 Å². The van der Waals surface area contributed by atoms with Gasteiger partial charge in [-0.2, -0.15) is 0 Å². The smallest absolute Gasteiger partial charge is 0.246 e. The van der Waals surface area contributed by atoms with E-state index in [0.29, 0.717) is 18.7 Å². The normalized spacial score (nSPS) is 12.4. The summed E-state index contributed by atoms with van der Waals surface area (Å²) in [6.45, 7) is 2.25. The van der Waals surface area contributed by atoms with E-state index in [4.69, 9.17) is 0 Å². The summed E-state index contributed by atoms with van der Waals surface area (Å²) in [5.74, 6) is -0.222. The highest BCUT2D eigenvalue weighted by atomic mass is 32.2. The van der Waals surface area contributed by atoms with Gasteiger partial charge in [-0.3, -0.25) is 9.10 Å². The van der Waals surface area contributed by atoms with Gasteiger partial charge in [-0.1, -0.05) is 55.5 Å². The lowest BCUT2D eigenvalue weighted by Gasteiger charge is -2.32. The first-order valence-corrected chi connectivity index (χ1v) is 10.0. The van der Waals surface area contributed by atoms with Crippen LogP contribution in [0.3, 0.4) is 0 Å². The van der Waals surface area contributed by atoms with E-state index in [1.165, 1.54) is 4.31 Å². The van der Waals surface area contributed by atoms with Crippen LogP contribution in [0.1, 0.15) is 18.9 Å². The largest absolute Gasteiger partial charge is 0.340 e. The molecule has 5 nitrogen and oxygen atoms in total. The van der Waals surface area contributed by atoms with Gasteiger partial charge in [0, 0.05) is 13.6 Å². The number of benzene rings is 2. The molecule has 0 bridgehead atoms. The lowest BCUT2D eigenvalue weighted by atomic mass is 10.1. The number of sulfonamides is 1. The molecule has 6 heteroatoms. The molecule has 2 rings (SSSR count). The average molecular weight is 360 g/mol. The molecule has 1 amide bonds. The van der Waals surface area contributed by atoms with Gasteiger partial charge >= 0.3 is 0 Å². The predicted octanol–water partition coefficient (Wildman–Crippen LogP) is 2.89. The molecule has 25 heavy (non-hydrogen) atoms. The second kappa shape index (κ2) is 8.16. The van der Waals surface area contributed by atoms with Crippen molar-refractivity contribution in [2.45, 2.75) is 25.9 Å². The van der Waals surface area contributed by atoms with E-state index in [9.17, 15) is 13.2 Å². The quantitative estimate of drug-likeness (QED) is 0.763. The fraction of sp³-hybridized carbons (Fsp3) is 0.316. The van der Waals surface area contributed by atoms with E-state index in [1.807, 2.05) is 43.3 Å². The summed E-state index contributed by atoms with van der Waals surface area (Å²) in [5, 5.41) is 0. The molecule has 2 aromatic carbocycles. The van der Waals surface area contributed by atoms with Gasteiger partial charge in [-0.15, -0.1) is 0 Å². The fourth-order valence-electron chi connectivity index (χ4n) is 2.81. The Balaban J connectivity index is 2.29. The van der Waals surface area contributed by atoms with Gasteiger partial charge in [-0.25, -0.2) is 8.42 Å². The number of para-hydroxylation sites is 1. The zero-order valence-corrected chi connectivity index (χ0v) is 15.6. The van der Waals surface area contributed by atoms with Crippen LogP contribution in [0, 0.1) is 0 Å². The number of carbonyl (C=O) groups is 1. The second-order valence-corrected chi connectivity index (χ2v) is 7.86. The van der Waals surface area contributed by atoms with Crippen LogP contribution in [0.15, 0.2) is 60.7 Å². The van der Waals surface area contributed by atoms with E-state index in [2.05, 4.69) is 0 Å². The third-order valence-electron chi connectivity index (χ3n) is 3.96. The molecule has 0 unspecified atom stereocenters. The zero-order valence-electron chi connectivity index (χ0n) is 14.8. The molecule has 0 aliphatic heterocycles. The van der Waals surface area contributed by atoms with Crippen molar-refractivity contribution in [3.05, 3.63) is 66.2 Å². The minimum Gasteiger partial charge on any atom is -0.340 e. The maximum absolute atomic E-state index is 13.0. The first-order chi connectivity index (χ1) is 11.8. The maximum Gasteiger partial charge on any atom is 0.246 e. The van der Waals surface area contributed by atoms with Crippen LogP contribution >= 0.6 is 0 Å². The number of hydrogen-bond donors (Lipinski definition) is 0. The van der Waals surface area contributed by atoms with E-state index >= 15 is 0 Å². The van der Waals surface area contributed by atoms with E-state index in [0.717, 1.165) is 11.8 Å². The Kier molecular flexibility index (Phi) is 6.20. The molecule has 0 aliphatic rings. The summed E-state index contributed by atoms with van der Waals surface area (Å²) >= 11 is 0. The van der Waals surface area contributed by atoms with Gasteiger partial charge in [0.2, 0.25) is 15.9 Å². The van der Waals surface area contributed by atoms with Gasteiger partial charge in [0.05, 0.1) is 11.9 Å². The number of likely N-dealkylation sites (N-methyl/N-ethyl adjacent to an activating group) is 1. The molecule has 2 aromatic rings. The third kappa shape index (κ3) is 4.82. The zero-order chi connectivity index (χ0) is 18.4. The average Bonchev–Trinajstić information content (AvgIpc) is 2.59. The van der Waals surface area contributed by atoms with Crippen LogP contribution in [0.2, 0.25) is 0 Å². The number of amides is 1. The summed E-state index contributed by atoms with van der Waals surface area (Å²) in [4.78, 5) is 14.5. The van der Waals surface area contributed by atoms with Crippen molar-refractivity contribution in [2.75, 3.05) is 17.6 Å². The van der Waals surface area contributed by atoms with Gasteiger partial charge < -0.3 is 4.90 Å². The Morgan fingerprint density at radius 1 is 1.00 bits per heavy atom. The van der Waals surface area contributed by atoms with E-state index in [-0.39, 0.29) is 5.91 Å². The van der Waals surface area contributed by atoms with Gasteiger partial charge in [0.15, 0.2) is 0 Å². The van der Waals surface area contributed by atoms with Gasteiger partial charge in [0.25, 0.3) is 0 Å². The first kappa shape index (κ1) is 19.0. The summed E-state index contributed by atoms with van der Waals surface area (Å²) in [5.41, 5.74) is 1.50. The predicted molar refractivity (Wildman–Crippen MR) is 101 cm³/mol. The van der Waals surface area contributed by atoms with Crippen LogP contribution < -0.4 is 4.31 Å². The number of anilines is 1. The lowest BCUT2D eigenvalue weighted by molar-refractivity contribution is -0.131. The molecule has 0 saturated heterocycles. The molecule has 1 atom stereocenters. The first-order valence-electron chi connectivity index (χ1n) is 8.18. The van der Waals surface area contributed by atoms with Crippen LogP contribution in [-0.4, -0.2) is 38.6 Å². The van der Waals surface area contributed by atoms with Crippen LogP contribution in [0.4, 0.5) is 5.69 Å². The minimum absolute atomic E-state index is 0.222. The molecular weight excluding hydrogens is 336 g/mol. The Bertz CT molecular complexity index is 792. The van der Waals surface area contributed by atoms with Crippen molar-refractivity contribution in [2.24, 2.45) is 0 Å². The van der Waals surface area contributed by atoms with Crippen LogP contribution in [0.25, 0.3) is 0 Å². The molecule has 0 fully saturated rings. The summed E-state index contributed by atoms with van der Waals surface area (Å²) in [6.07, 6.45) is 1.52. The van der Waals surface area contributed by atoms with Gasteiger partial charge in [0.1, 0.15) is 6.04 Å². The molecule has 0 heterocycles. The Hall–Kier alpha value is -2.34. The minimum atomic E-state index is -3.59. The number of carbonyl (C=O) groups excluding carboxylic acids is 1. The Morgan fingerprint density at radius 3 is 2.00 bits per heavy atom. The summed E-state index contributed by atoms with van der Waals surface area (Å²) < 4.78 is 26.0. The number of nitrogens with zero attached hydrogens (tertiary/aromatic N) is 2. The molecule has 0 aromatic heterocycles. The summed E-state index contributed by atoms with van der Waals surface area (Å²) in [7, 11) is -1.90. The van der Waals surface area contributed by atoms with Crippen molar-refractivity contribution in [1.29, 1.82) is 0 Å². The molecule has 0 saturated carbocycles. The molecular formula is C19H24N2O3S. The molecule has 0 radical (unpaired) electrons. The number of rotatable bonds is 7. The fourth-order valence-corrected chi connectivity index (χ4v) is 4.01. The van der Waals surface area contributed by atoms with Crippen molar-refractivity contribution in [3.63, 3.8) is 0 Å². The van der Waals surface area contributed by atoms with Crippen molar-refractivity contribution < 1.29 is 13.2 Å². The standard InChI is InChI=1S/C19H24N2O3S/c1-4-18(19(22)20(2)15-16-11-7-5-8-12-16)21(25(3,23)24)17-13-9-6-10-14-17/h5-14,18H,4,15H2,1-3H3/t18-/m1/s1. The number of hydrogen-bond acceptors (Lipinski definition) is 3. The highest BCUT2D eigenvalue weighted by Gasteiger charge is 2.33. The second-order valence-electron chi connectivity index (χ2n) is 6.00. The molecule has 0 spiro atoms. The topological polar surface area (TPSA) is 57.7 Å². The van der Waals surface area contributed by atoms with Crippen LogP contribution in [-0.2, 0) is 21.4 Å². The van der Waals surface area contributed by atoms with Crippen molar-refractivity contribution in [1.82, 2.24) is 4.90 Å². The van der Waals surface area contributed by atoms with E-state index < -0.39 is 16.1 Å². The highest BCUT2D eigenvalue weighted by molar-refractivity contribution is 7.92. The molecule has 134 valence electrons. The SMILES string of the molecule is CC[C@H](C(=O)N(C)Cc1ccccc1)N(c1ccccc1)S(C)(=O)=O. The summed E-state index contributed by atoms with van der Waals surface area (Å²) in [6, 6.07) is 17.6. The highest BCUT2D eigenvalue weighted by Crippen LogP contribution is 2.23. The third-order valence-corrected chi connectivity index (χ3v) is 5.14. The van der Waals surface area contributed by atoms with Crippen molar-refractivity contribution in [3.8, 4) is 0 Å². The lowest BCUT2D eigenvalue weighted by Crippen LogP contribution is -2.49. The maximum atomic E-state index is 13.0. The Labute approximate surface area is 149 Å². The van der Waals surface area contributed by atoms with Crippen LogP contribution in [0.5, 0.6) is 0 Å². The molecule has 0 aliphatic carbocycles. The van der Waals surface area contributed by atoms with E-state index in [1.54, 1.807) is 36.2 Å². The molecule has 0 N–H and O–H groups in total. The Morgan fingerprint density at radius 2 is 1.52 bits per heavy atom. The van der Waals surface area contributed by atoms with Gasteiger partial charge in [-0.05, 0) is 24.1 Å². The monoisotopic (exact) mass is 360 g/mol.